The van der Waals surface area contributed by atoms with E-state index in [0.29, 0.717) is 29.2 Å². The number of hydrogen-bond donors (Lipinski definition) is 1. The SMILES string of the molecule is COC(=O)c1ccccc1SCC(=O)NC(C1CC1)C1CC1. The summed E-state index contributed by atoms with van der Waals surface area (Å²) in [6.07, 6.45) is 5.00. The zero-order valence-corrected chi connectivity index (χ0v) is 13.5. The molecule has 0 aromatic heterocycles. The van der Waals surface area contributed by atoms with Gasteiger partial charge in [0.05, 0.1) is 18.4 Å². The maximum atomic E-state index is 12.2. The van der Waals surface area contributed by atoms with Gasteiger partial charge in [0.15, 0.2) is 0 Å². The highest BCUT2D eigenvalue weighted by Gasteiger charge is 2.42. The van der Waals surface area contributed by atoms with Crippen LogP contribution in [0.2, 0.25) is 0 Å². The number of ether oxygens (including phenoxy) is 1. The molecule has 2 aliphatic carbocycles. The molecule has 0 bridgehead atoms. The molecule has 2 fully saturated rings. The van der Waals surface area contributed by atoms with E-state index in [1.165, 1.54) is 44.6 Å². The lowest BCUT2D eigenvalue weighted by molar-refractivity contribution is -0.119. The fourth-order valence-electron chi connectivity index (χ4n) is 2.77. The molecular formula is C17H21NO3S. The van der Waals surface area contributed by atoms with Crippen LogP contribution in [0.1, 0.15) is 36.0 Å². The second kappa shape index (κ2) is 6.73. The first-order valence-electron chi connectivity index (χ1n) is 7.78. The van der Waals surface area contributed by atoms with Gasteiger partial charge in [0.1, 0.15) is 0 Å². The third kappa shape index (κ3) is 3.83. The molecule has 5 heteroatoms. The molecule has 3 rings (SSSR count). The summed E-state index contributed by atoms with van der Waals surface area (Å²) in [5, 5.41) is 3.20. The van der Waals surface area contributed by atoms with Crippen molar-refractivity contribution >= 4 is 23.6 Å². The van der Waals surface area contributed by atoms with E-state index in [1.54, 1.807) is 12.1 Å². The number of rotatable bonds is 7. The summed E-state index contributed by atoms with van der Waals surface area (Å²) in [4.78, 5) is 24.7. The Bertz CT molecular complexity index is 555. The minimum Gasteiger partial charge on any atom is -0.465 e. The smallest absolute Gasteiger partial charge is 0.338 e. The zero-order chi connectivity index (χ0) is 15.5. The Morgan fingerprint density at radius 3 is 2.45 bits per heavy atom. The van der Waals surface area contributed by atoms with E-state index in [-0.39, 0.29) is 11.9 Å². The lowest BCUT2D eigenvalue weighted by Gasteiger charge is -2.17. The van der Waals surface area contributed by atoms with Gasteiger partial charge in [-0.3, -0.25) is 4.79 Å². The minimum atomic E-state index is -0.364. The van der Waals surface area contributed by atoms with Crippen molar-refractivity contribution in [1.29, 1.82) is 0 Å². The largest absolute Gasteiger partial charge is 0.465 e. The van der Waals surface area contributed by atoms with Crippen molar-refractivity contribution in [3.63, 3.8) is 0 Å². The Balaban J connectivity index is 1.55. The molecule has 0 unspecified atom stereocenters. The van der Waals surface area contributed by atoms with Crippen LogP contribution in [0.3, 0.4) is 0 Å². The average Bonchev–Trinajstić information content (AvgIpc) is 3.42. The molecule has 1 N–H and O–H groups in total. The standard InChI is InChI=1S/C17H21NO3S/c1-21-17(20)13-4-2-3-5-14(13)22-10-15(19)18-16(11-6-7-11)12-8-9-12/h2-5,11-12,16H,6-10H2,1H3,(H,18,19). The van der Waals surface area contributed by atoms with Gasteiger partial charge in [-0.05, 0) is 49.7 Å². The van der Waals surface area contributed by atoms with Crippen LogP contribution >= 0.6 is 11.8 Å². The second-order valence-corrected chi connectivity index (χ2v) is 7.06. The second-order valence-electron chi connectivity index (χ2n) is 6.04. The predicted molar refractivity (Wildman–Crippen MR) is 85.9 cm³/mol. The monoisotopic (exact) mass is 319 g/mol. The Labute approximate surface area is 135 Å². The van der Waals surface area contributed by atoms with Crippen molar-refractivity contribution in [3.05, 3.63) is 29.8 Å². The van der Waals surface area contributed by atoms with Crippen LogP contribution in [0.25, 0.3) is 0 Å². The molecule has 0 radical (unpaired) electrons. The Morgan fingerprint density at radius 2 is 1.86 bits per heavy atom. The van der Waals surface area contributed by atoms with Crippen LogP contribution in [0.5, 0.6) is 0 Å². The Morgan fingerprint density at radius 1 is 1.23 bits per heavy atom. The molecule has 1 aromatic carbocycles. The molecule has 0 saturated heterocycles. The number of carbonyl (C=O) groups excluding carboxylic acids is 2. The van der Waals surface area contributed by atoms with Gasteiger partial charge in [-0.2, -0.15) is 0 Å². The van der Waals surface area contributed by atoms with Gasteiger partial charge in [-0.1, -0.05) is 12.1 Å². The molecule has 0 heterocycles. The fourth-order valence-corrected chi connectivity index (χ4v) is 3.62. The van der Waals surface area contributed by atoms with Crippen molar-refractivity contribution < 1.29 is 14.3 Å². The lowest BCUT2D eigenvalue weighted by atomic mass is 10.1. The highest BCUT2D eigenvalue weighted by atomic mass is 32.2. The van der Waals surface area contributed by atoms with E-state index in [1.807, 2.05) is 12.1 Å². The van der Waals surface area contributed by atoms with Gasteiger partial charge >= 0.3 is 5.97 Å². The van der Waals surface area contributed by atoms with E-state index >= 15 is 0 Å². The van der Waals surface area contributed by atoms with Gasteiger partial charge in [0.2, 0.25) is 5.91 Å². The molecule has 2 aliphatic rings. The van der Waals surface area contributed by atoms with Gasteiger partial charge in [0.25, 0.3) is 0 Å². The third-order valence-corrected chi connectivity index (χ3v) is 5.31. The lowest BCUT2D eigenvalue weighted by Crippen LogP contribution is -2.39. The van der Waals surface area contributed by atoms with Crippen LogP contribution in [0.15, 0.2) is 29.2 Å². The summed E-state index contributed by atoms with van der Waals surface area (Å²) in [7, 11) is 1.37. The first-order valence-corrected chi connectivity index (χ1v) is 8.77. The molecule has 118 valence electrons. The minimum absolute atomic E-state index is 0.0634. The highest BCUT2D eigenvalue weighted by molar-refractivity contribution is 8.00. The fraction of sp³-hybridized carbons (Fsp3) is 0.529. The number of hydrogen-bond acceptors (Lipinski definition) is 4. The molecular weight excluding hydrogens is 298 g/mol. The van der Waals surface area contributed by atoms with Crippen LogP contribution < -0.4 is 5.32 Å². The highest BCUT2D eigenvalue weighted by Crippen LogP contribution is 2.44. The van der Waals surface area contributed by atoms with Crippen molar-refractivity contribution in [1.82, 2.24) is 5.32 Å². The molecule has 1 aromatic rings. The van der Waals surface area contributed by atoms with E-state index in [4.69, 9.17) is 4.74 Å². The van der Waals surface area contributed by atoms with Gasteiger partial charge in [-0.25, -0.2) is 4.79 Å². The first kappa shape index (κ1) is 15.4. The van der Waals surface area contributed by atoms with Gasteiger partial charge in [0, 0.05) is 10.9 Å². The average molecular weight is 319 g/mol. The summed E-state index contributed by atoms with van der Waals surface area (Å²) < 4.78 is 4.77. The number of thioether (sulfide) groups is 1. The molecule has 1 amide bonds. The van der Waals surface area contributed by atoms with Crippen molar-refractivity contribution in [3.8, 4) is 0 Å². The zero-order valence-electron chi connectivity index (χ0n) is 12.7. The topological polar surface area (TPSA) is 55.4 Å². The molecule has 4 nitrogen and oxygen atoms in total. The van der Waals surface area contributed by atoms with Crippen molar-refractivity contribution in [2.24, 2.45) is 11.8 Å². The van der Waals surface area contributed by atoms with Crippen LogP contribution in [0, 0.1) is 11.8 Å². The third-order valence-electron chi connectivity index (χ3n) is 4.24. The summed E-state index contributed by atoms with van der Waals surface area (Å²) in [5.74, 6) is 1.43. The van der Waals surface area contributed by atoms with Crippen molar-refractivity contribution in [2.45, 2.75) is 36.6 Å². The summed E-state index contributed by atoms with van der Waals surface area (Å²) in [6.45, 7) is 0. The summed E-state index contributed by atoms with van der Waals surface area (Å²) in [5.41, 5.74) is 0.517. The maximum absolute atomic E-state index is 12.2. The normalized spacial score (nSPS) is 17.4. The summed E-state index contributed by atoms with van der Waals surface area (Å²) in [6, 6.07) is 7.62. The van der Waals surface area contributed by atoms with E-state index in [2.05, 4.69) is 5.32 Å². The molecule has 0 spiro atoms. The first-order chi connectivity index (χ1) is 10.7. The number of carbonyl (C=O) groups is 2. The van der Waals surface area contributed by atoms with Crippen LogP contribution in [0.4, 0.5) is 0 Å². The molecule has 22 heavy (non-hydrogen) atoms. The van der Waals surface area contributed by atoms with Crippen LogP contribution in [-0.4, -0.2) is 30.8 Å². The number of methoxy groups -OCH3 is 1. The number of amides is 1. The molecule has 2 saturated carbocycles. The van der Waals surface area contributed by atoms with Crippen molar-refractivity contribution in [2.75, 3.05) is 12.9 Å². The van der Waals surface area contributed by atoms with E-state index < -0.39 is 0 Å². The van der Waals surface area contributed by atoms with E-state index in [0.717, 1.165) is 4.90 Å². The van der Waals surface area contributed by atoms with Gasteiger partial charge < -0.3 is 10.1 Å². The number of esters is 1. The quantitative estimate of drug-likeness (QED) is 0.620. The van der Waals surface area contributed by atoms with Crippen LogP contribution in [-0.2, 0) is 9.53 Å². The summed E-state index contributed by atoms with van der Waals surface area (Å²) >= 11 is 1.39. The number of benzene rings is 1. The van der Waals surface area contributed by atoms with Gasteiger partial charge in [-0.15, -0.1) is 11.8 Å². The van der Waals surface area contributed by atoms with E-state index in [9.17, 15) is 9.59 Å². The number of nitrogens with one attached hydrogen (secondary N) is 1. The molecule has 0 atom stereocenters. The predicted octanol–water partition coefficient (Wildman–Crippen LogP) is 2.87. The maximum Gasteiger partial charge on any atom is 0.338 e. The molecule has 0 aliphatic heterocycles. The Kier molecular flexibility index (Phi) is 4.71. The Hall–Kier alpha value is -1.49.